The SMILES string of the molecule is O/N=C(\Cl)c1ccncc1O. The van der Waals surface area contributed by atoms with Crippen molar-refractivity contribution in [1.29, 1.82) is 0 Å². The van der Waals surface area contributed by atoms with Crippen LogP contribution in [0.25, 0.3) is 0 Å². The summed E-state index contributed by atoms with van der Waals surface area (Å²) in [6.45, 7) is 0. The first kappa shape index (κ1) is 7.81. The zero-order chi connectivity index (χ0) is 8.27. The number of oxime groups is 1. The predicted octanol–water partition coefficient (Wildman–Crippen LogP) is 1.16. The molecule has 0 fully saturated rings. The maximum absolute atomic E-state index is 9.07. The van der Waals surface area contributed by atoms with Crippen LogP contribution < -0.4 is 0 Å². The molecule has 5 heteroatoms. The molecule has 0 saturated heterocycles. The molecule has 0 amide bonds. The molecule has 0 aliphatic heterocycles. The van der Waals surface area contributed by atoms with Gasteiger partial charge in [0.1, 0.15) is 5.75 Å². The van der Waals surface area contributed by atoms with E-state index in [0.717, 1.165) is 0 Å². The Hall–Kier alpha value is -1.29. The van der Waals surface area contributed by atoms with E-state index in [-0.39, 0.29) is 16.5 Å². The summed E-state index contributed by atoms with van der Waals surface area (Å²) in [5, 5.41) is 19.9. The monoisotopic (exact) mass is 172 g/mol. The molecule has 1 aromatic rings. The van der Waals surface area contributed by atoms with Crippen molar-refractivity contribution in [3.05, 3.63) is 24.0 Å². The number of halogens is 1. The van der Waals surface area contributed by atoms with Crippen molar-refractivity contribution >= 4 is 16.8 Å². The second kappa shape index (κ2) is 3.21. The topological polar surface area (TPSA) is 65.7 Å². The van der Waals surface area contributed by atoms with E-state index in [0.29, 0.717) is 0 Å². The molecule has 0 bridgehead atoms. The summed E-state index contributed by atoms with van der Waals surface area (Å²) >= 11 is 5.41. The third kappa shape index (κ3) is 1.59. The van der Waals surface area contributed by atoms with Gasteiger partial charge < -0.3 is 10.3 Å². The van der Waals surface area contributed by atoms with Crippen LogP contribution in [0.4, 0.5) is 0 Å². The Kier molecular flexibility index (Phi) is 2.28. The Morgan fingerprint density at radius 2 is 2.36 bits per heavy atom. The Morgan fingerprint density at radius 3 is 2.91 bits per heavy atom. The summed E-state index contributed by atoms with van der Waals surface area (Å²) in [7, 11) is 0. The second-order valence-electron chi connectivity index (χ2n) is 1.78. The van der Waals surface area contributed by atoms with Gasteiger partial charge in [-0.05, 0) is 6.07 Å². The van der Waals surface area contributed by atoms with E-state index in [9.17, 15) is 0 Å². The highest BCUT2D eigenvalue weighted by atomic mass is 35.5. The van der Waals surface area contributed by atoms with Crippen molar-refractivity contribution in [2.24, 2.45) is 5.16 Å². The number of pyridine rings is 1. The highest BCUT2D eigenvalue weighted by Crippen LogP contribution is 2.16. The zero-order valence-electron chi connectivity index (χ0n) is 5.40. The first-order chi connectivity index (χ1) is 5.25. The summed E-state index contributed by atoms with van der Waals surface area (Å²) in [6, 6.07) is 1.44. The summed E-state index contributed by atoms with van der Waals surface area (Å²) in [5.41, 5.74) is 0.254. The van der Waals surface area contributed by atoms with Crippen LogP contribution in [0.3, 0.4) is 0 Å². The van der Waals surface area contributed by atoms with E-state index in [4.69, 9.17) is 21.9 Å². The van der Waals surface area contributed by atoms with Gasteiger partial charge in [-0.15, -0.1) is 0 Å². The van der Waals surface area contributed by atoms with Crippen LogP contribution in [-0.4, -0.2) is 20.5 Å². The molecular weight excluding hydrogens is 168 g/mol. The highest BCUT2D eigenvalue weighted by molar-refractivity contribution is 6.69. The Morgan fingerprint density at radius 1 is 1.64 bits per heavy atom. The summed E-state index contributed by atoms with van der Waals surface area (Å²) in [5.74, 6) is -0.115. The van der Waals surface area contributed by atoms with E-state index in [2.05, 4.69) is 10.1 Å². The van der Waals surface area contributed by atoms with Crippen LogP contribution in [0.2, 0.25) is 0 Å². The zero-order valence-corrected chi connectivity index (χ0v) is 6.15. The van der Waals surface area contributed by atoms with Gasteiger partial charge in [0, 0.05) is 6.20 Å². The fourth-order valence-electron chi connectivity index (χ4n) is 0.614. The van der Waals surface area contributed by atoms with Crippen LogP contribution in [-0.2, 0) is 0 Å². The van der Waals surface area contributed by atoms with Crippen LogP contribution in [0, 0.1) is 0 Å². The average molecular weight is 173 g/mol. The third-order valence-electron chi connectivity index (χ3n) is 1.11. The van der Waals surface area contributed by atoms with E-state index >= 15 is 0 Å². The molecule has 11 heavy (non-hydrogen) atoms. The van der Waals surface area contributed by atoms with Crippen LogP contribution in [0.1, 0.15) is 5.56 Å². The average Bonchev–Trinajstić information content (AvgIpc) is 2.04. The maximum Gasteiger partial charge on any atom is 0.179 e. The quantitative estimate of drug-likeness (QED) is 0.380. The van der Waals surface area contributed by atoms with Gasteiger partial charge in [-0.1, -0.05) is 16.8 Å². The number of hydrogen-bond acceptors (Lipinski definition) is 4. The summed E-state index contributed by atoms with van der Waals surface area (Å²) < 4.78 is 0. The van der Waals surface area contributed by atoms with Crippen LogP contribution >= 0.6 is 11.6 Å². The van der Waals surface area contributed by atoms with Gasteiger partial charge in [0.25, 0.3) is 0 Å². The molecule has 0 atom stereocenters. The standard InChI is InChI=1S/C6H5ClN2O2/c7-6(9-11)4-1-2-8-3-5(4)10/h1-3,10-11H/b9-6-. The lowest BCUT2D eigenvalue weighted by atomic mass is 10.3. The predicted molar refractivity (Wildman–Crippen MR) is 40.1 cm³/mol. The number of aromatic hydroxyl groups is 1. The molecule has 0 aliphatic carbocycles. The molecule has 1 rings (SSSR count). The molecule has 4 nitrogen and oxygen atoms in total. The van der Waals surface area contributed by atoms with Crippen molar-refractivity contribution in [3.63, 3.8) is 0 Å². The fourth-order valence-corrected chi connectivity index (χ4v) is 0.774. The lowest BCUT2D eigenvalue weighted by Crippen LogP contribution is -1.91. The lowest BCUT2D eigenvalue weighted by Gasteiger charge is -1.97. The molecule has 1 aromatic heterocycles. The van der Waals surface area contributed by atoms with Crippen molar-refractivity contribution in [1.82, 2.24) is 4.98 Å². The number of hydrogen-bond donors (Lipinski definition) is 2. The maximum atomic E-state index is 9.07. The fraction of sp³-hybridized carbons (Fsp3) is 0. The van der Waals surface area contributed by atoms with E-state index in [1.165, 1.54) is 18.5 Å². The normalized spacial score (nSPS) is 11.5. The minimum Gasteiger partial charge on any atom is -0.506 e. The minimum atomic E-state index is -0.162. The molecular formula is C6H5ClN2O2. The number of rotatable bonds is 1. The molecule has 0 saturated carbocycles. The first-order valence-electron chi connectivity index (χ1n) is 2.76. The highest BCUT2D eigenvalue weighted by Gasteiger charge is 2.04. The molecule has 2 N–H and O–H groups in total. The largest absolute Gasteiger partial charge is 0.506 e. The van der Waals surface area contributed by atoms with Gasteiger partial charge >= 0.3 is 0 Å². The van der Waals surface area contributed by atoms with Gasteiger partial charge in [0.05, 0.1) is 11.8 Å². The number of nitrogens with zero attached hydrogens (tertiary/aromatic N) is 2. The Balaban J connectivity index is 3.14. The van der Waals surface area contributed by atoms with Gasteiger partial charge in [-0.3, -0.25) is 4.98 Å². The van der Waals surface area contributed by atoms with Crippen molar-refractivity contribution in [3.8, 4) is 5.75 Å². The molecule has 0 radical (unpaired) electrons. The van der Waals surface area contributed by atoms with Gasteiger partial charge in [0.15, 0.2) is 5.17 Å². The second-order valence-corrected chi connectivity index (χ2v) is 2.14. The van der Waals surface area contributed by atoms with Crippen molar-refractivity contribution < 1.29 is 10.3 Å². The molecule has 0 aliphatic rings. The smallest absolute Gasteiger partial charge is 0.179 e. The number of aromatic nitrogens is 1. The Bertz CT molecular complexity index is 288. The van der Waals surface area contributed by atoms with Crippen LogP contribution in [0.5, 0.6) is 5.75 Å². The van der Waals surface area contributed by atoms with Crippen LogP contribution in [0.15, 0.2) is 23.6 Å². The van der Waals surface area contributed by atoms with E-state index < -0.39 is 0 Å². The van der Waals surface area contributed by atoms with E-state index in [1.807, 2.05) is 0 Å². The summed E-state index contributed by atoms with van der Waals surface area (Å²) in [6.07, 6.45) is 2.64. The van der Waals surface area contributed by atoms with E-state index in [1.54, 1.807) is 0 Å². The van der Waals surface area contributed by atoms with Gasteiger partial charge in [0.2, 0.25) is 0 Å². The third-order valence-corrected chi connectivity index (χ3v) is 1.39. The summed E-state index contributed by atoms with van der Waals surface area (Å²) in [4.78, 5) is 3.62. The Labute approximate surface area is 67.8 Å². The van der Waals surface area contributed by atoms with Gasteiger partial charge in [-0.25, -0.2) is 0 Å². The van der Waals surface area contributed by atoms with Crippen molar-refractivity contribution in [2.45, 2.75) is 0 Å². The van der Waals surface area contributed by atoms with Crippen molar-refractivity contribution in [2.75, 3.05) is 0 Å². The molecule has 1 heterocycles. The minimum absolute atomic E-state index is 0.115. The van der Waals surface area contributed by atoms with Gasteiger partial charge in [-0.2, -0.15) is 0 Å². The first-order valence-corrected chi connectivity index (χ1v) is 3.14. The molecule has 0 spiro atoms. The lowest BCUT2D eigenvalue weighted by molar-refractivity contribution is 0.320. The molecule has 0 aromatic carbocycles. The molecule has 58 valence electrons. The molecule has 0 unspecified atom stereocenters.